The molecule has 0 aliphatic heterocycles. The van der Waals surface area contributed by atoms with Crippen molar-refractivity contribution in [2.75, 3.05) is 6.61 Å². The second-order valence-corrected chi connectivity index (χ2v) is 8.68. The van der Waals surface area contributed by atoms with Crippen molar-refractivity contribution in [2.24, 2.45) is 4.99 Å². The normalized spacial score (nSPS) is 12.7. The lowest BCUT2D eigenvalue weighted by Crippen LogP contribution is -2.08. The van der Waals surface area contributed by atoms with Gasteiger partial charge in [0.1, 0.15) is 0 Å². The van der Waals surface area contributed by atoms with Crippen LogP contribution in [0.15, 0.2) is 138 Å². The van der Waals surface area contributed by atoms with Gasteiger partial charge in [0.25, 0.3) is 0 Å². The number of aryl methyl sites for hydroxylation is 1. The summed E-state index contributed by atoms with van der Waals surface area (Å²) in [4.78, 5) is 17.4. The van der Waals surface area contributed by atoms with E-state index in [0.29, 0.717) is 29.9 Å². The molecule has 2 aromatic carbocycles. The number of hydrogen-bond acceptors (Lipinski definition) is 3. The minimum Gasteiger partial charge on any atom is -0.462 e. The first-order valence-corrected chi connectivity index (χ1v) is 12.9. The van der Waals surface area contributed by atoms with Crippen LogP contribution in [0.4, 0.5) is 0 Å². The molecular weight excluding hydrogens is 466 g/mol. The zero-order valence-corrected chi connectivity index (χ0v) is 23.2. The van der Waals surface area contributed by atoms with Crippen LogP contribution in [0, 0.1) is 6.92 Å². The minimum absolute atomic E-state index is 0.304. The Morgan fingerprint density at radius 1 is 0.974 bits per heavy atom. The fraction of sp³-hybridized carbons (Fsp3) is 0.200. The SMILES string of the molecule is C=C/C(=C\C(=C/C)C(=O)OCC)C(=C)N=C(CCC(=C)/C=C\C=C/C)c1c(C)cccc1-c1ccccc1. The lowest BCUT2D eigenvalue weighted by Gasteiger charge is -2.17. The molecular formula is C35H39NO2. The van der Waals surface area contributed by atoms with E-state index in [0.717, 1.165) is 40.0 Å². The summed E-state index contributed by atoms with van der Waals surface area (Å²) in [5.41, 5.74) is 7.95. The summed E-state index contributed by atoms with van der Waals surface area (Å²) in [5.74, 6) is -0.388. The number of nitrogens with zero attached hydrogens (tertiary/aromatic N) is 1. The Bertz CT molecular complexity index is 1300. The molecule has 0 atom stereocenters. The van der Waals surface area contributed by atoms with Gasteiger partial charge >= 0.3 is 5.97 Å². The third-order valence-electron chi connectivity index (χ3n) is 5.92. The van der Waals surface area contributed by atoms with E-state index in [9.17, 15) is 4.79 Å². The first kappa shape index (κ1) is 30.0. The molecule has 0 saturated carbocycles. The van der Waals surface area contributed by atoms with Gasteiger partial charge in [-0.1, -0.05) is 110 Å². The Morgan fingerprint density at radius 3 is 2.34 bits per heavy atom. The number of hydrogen-bond donors (Lipinski definition) is 0. The standard InChI is InChI=1S/C35H39NO2/c1-8-12-14-18-26(5)23-24-33(34-27(6)19-17-22-32(34)31-20-15-13-16-21-31)36-28(7)29(9-2)25-30(10-3)35(37)38-11-4/h8-10,12-22,25H,2,5,7,11,23-24H2,1,3-4,6H3/b12-8-,18-14-,29-25+,30-10+,36-33?. The van der Waals surface area contributed by atoms with Crippen LogP contribution >= 0.6 is 0 Å². The van der Waals surface area contributed by atoms with Gasteiger partial charge in [0.2, 0.25) is 0 Å². The molecule has 0 aromatic heterocycles. The van der Waals surface area contributed by atoms with Gasteiger partial charge in [-0.3, -0.25) is 4.99 Å². The van der Waals surface area contributed by atoms with Crippen LogP contribution in [-0.2, 0) is 9.53 Å². The molecule has 0 aliphatic carbocycles. The van der Waals surface area contributed by atoms with Gasteiger partial charge in [0.15, 0.2) is 0 Å². The summed E-state index contributed by atoms with van der Waals surface area (Å²) >= 11 is 0. The van der Waals surface area contributed by atoms with Crippen LogP contribution in [-0.4, -0.2) is 18.3 Å². The van der Waals surface area contributed by atoms with Gasteiger partial charge in [-0.05, 0) is 68.9 Å². The predicted molar refractivity (Wildman–Crippen MR) is 163 cm³/mol. The van der Waals surface area contributed by atoms with Crippen molar-refractivity contribution in [3.8, 4) is 11.1 Å². The van der Waals surface area contributed by atoms with Crippen molar-refractivity contribution in [1.82, 2.24) is 0 Å². The van der Waals surface area contributed by atoms with Crippen LogP contribution in [0.3, 0.4) is 0 Å². The Hall–Kier alpha value is -4.24. The van der Waals surface area contributed by atoms with E-state index in [1.54, 1.807) is 32.1 Å². The zero-order chi connectivity index (χ0) is 27.9. The van der Waals surface area contributed by atoms with Crippen LogP contribution in [0.25, 0.3) is 11.1 Å². The summed E-state index contributed by atoms with van der Waals surface area (Å²) < 4.78 is 5.18. The van der Waals surface area contributed by atoms with E-state index >= 15 is 0 Å². The summed E-state index contributed by atoms with van der Waals surface area (Å²) in [5, 5.41) is 0. The number of benzene rings is 2. The first-order chi connectivity index (χ1) is 18.4. The maximum atomic E-state index is 12.4. The van der Waals surface area contributed by atoms with Crippen molar-refractivity contribution in [3.63, 3.8) is 0 Å². The number of carbonyl (C=O) groups is 1. The largest absolute Gasteiger partial charge is 0.462 e. The summed E-state index contributed by atoms with van der Waals surface area (Å²) in [6.07, 6.45) is 14.5. The molecule has 3 nitrogen and oxygen atoms in total. The van der Waals surface area contributed by atoms with Gasteiger partial charge in [-0.15, -0.1) is 0 Å². The highest BCUT2D eigenvalue weighted by molar-refractivity contribution is 6.08. The smallest absolute Gasteiger partial charge is 0.337 e. The highest BCUT2D eigenvalue weighted by atomic mass is 16.5. The van der Waals surface area contributed by atoms with Crippen molar-refractivity contribution in [3.05, 3.63) is 144 Å². The van der Waals surface area contributed by atoms with E-state index in [-0.39, 0.29) is 5.97 Å². The maximum Gasteiger partial charge on any atom is 0.337 e. The fourth-order valence-electron chi connectivity index (χ4n) is 3.94. The van der Waals surface area contributed by atoms with Gasteiger partial charge in [-0.25, -0.2) is 4.79 Å². The second kappa shape index (κ2) is 15.8. The molecule has 3 heteroatoms. The molecule has 0 bridgehead atoms. The number of ether oxygens (including phenoxy) is 1. The molecule has 0 heterocycles. The second-order valence-electron chi connectivity index (χ2n) is 8.68. The van der Waals surface area contributed by atoms with Crippen LogP contribution in [0.2, 0.25) is 0 Å². The molecule has 0 saturated heterocycles. The third kappa shape index (κ3) is 8.70. The molecule has 0 unspecified atom stereocenters. The quantitative estimate of drug-likeness (QED) is 0.118. The Morgan fingerprint density at radius 2 is 1.71 bits per heavy atom. The number of aliphatic imine (C=N–C) groups is 1. The van der Waals surface area contributed by atoms with E-state index in [2.05, 4.69) is 57.0 Å². The third-order valence-corrected chi connectivity index (χ3v) is 5.92. The van der Waals surface area contributed by atoms with Crippen molar-refractivity contribution >= 4 is 11.7 Å². The lowest BCUT2D eigenvalue weighted by molar-refractivity contribution is -0.138. The molecule has 0 aliphatic rings. The molecule has 196 valence electrons. The van der Waals surface area contributed by atoms with Gasteiger partial charge in [0.05, 0.1) is 17.9 Å². The summed E-state index contributed by atoms with van der Waals surface area (Å²) in [6.45, 7) is 20.4. The number of rotatable bonds is 13. The van der Waals surface area contributed by atoms with E-state index < -0.39 is 0 Å². The first-order valence-electron chi connectivity index (χ1n) is 12.9. The van der Waals surface area contributed by atoms with E-state index in [1.165, 1.54) is 0 Å². The number of allylic oxidation sites excluding steroid dienone is 7. The molecule has 0 amide bonds. The topological polar surface area (TPSA) is 38.7 Å². The van der Waals surface area contributed by atoms with Crippen LogP contribution in [0.1, 0.15) is 44.7 Å². The molecule has 0 spiro atoms. The molecule has 2 aromatic rings. The molecule has 38 heavy (non-hydrogen) atoms. The average molecular weight is 506 g/mol. The van der Waals surface area contributed by atoms with E-state index in [1.807, 2.05) is 49.4 Å². The van der Waals surface area contributed by atoms with Crippen molar-refractivity contribution < 1.29 is 9.53 Å². The monoisotopic (exact) mass is 505 g/mol. The minimum atomic E-state index is -0.388. The highest BCUT2D eigenvalue weighted by Gasteiger charge is 2.16. The Labute approximate surface area is 228 Å². The number of esters is 1. The fourth-order valence-corrected chi connectivity index (χ4v) is 3.94. The van der Waals surface area contributed by atoms with Crippen LogP contribution in [0.5, 0.6) is 0 Å². The Kier molecular flexibility index (Phi) is 12.5. The Balaban J connectivity index is 2.61. The molecule has 0 N–H and O–H groups in total. The summed E-state index contributed by atoms with van der Waals surface area (Å²) in [6, 6.07) is 16.6. The van der Waals surface area contributed by atoms with Crippen molar-refractivity contribution in [1.29, 1.82) is 0 Å². The molecule has 0 fully saturated rings. The predicted octanol–water partition coefficient (Wildman–Crippen LogP) is 9.06. The van der Waals surface area contributed by atoms with Gasteiger partial charge < -0.3 is 4.74 Å². The van der Waals surface area contributed by atoms with Gasteiger partial charge in [0, 0.05) is 11.3 Å². The number of carbonyl (C=O) groups excluding carboxylic acids is 1. The summed E-state index contributed by atoms with van der Waals surface area (Å²) in [7, 11) is 0. The molecule has 2 rings (SSSR count). The van der Waals surface area contributed by atoms with Gasteiger partial charge in [-0.2, -0.15) is 0 Å². The average Bonchev–Trinajstić information content (AvgIpc) is 2.92. The van der Waals surface area contributed by atoms with Crippen molar-refractivity contribution in [2.45, 2.75) is 40.5 Å². The zero-order valence-electron chi connectivity index (χ0n) is 23.2. The van der Waals surface area contributed by atoms with Crippen LogP contribution < -0.4 is 0 Å². The lowest BCUT2D eigenvalue weighted by atomic mass is 9.90. The van der Waals surface area contributed by atoms with E-state index in [4.69, 9.17) is 9.73 Å². The molecule has 0 radical (unpaired) electrons. The maximum absolute atomic E-state index is 12.4. The highest BCUT2D eigenvalue weighted by Crippen LogP contribution is 2.30.